The van der Waals surface area contributed by atoms with Gasteiger partial charge in [0.2, 0.25) is 0 Å². The highest BCUT2D eigenvalue weighted by Gasteiger charge is 2.06. The lowest BCUT2D eigenvalue weighted by atomic mass is 10.4. The van der Waals surface area contributed by atoms with Crippen LogP contribution in [-0.2, 0) is 0 Å². The number of nitrogen functional groups attached to an aromatic ring is 1. The van der Waals surface area contributed by atoms with Crippen molar-refractivity contribution in [3.63, 3.8) is 0 Å². The van der Waals surface area contributed by atoms with E-state index in [-0.39, 0.29) is 0 Å². The summed E-state index contributed by atoms with van der Waals surface area (Å²) >= 11 is 3.38. The second kappa shape index (κ2) is 6.62. The topological polar surface area (TPSA) is 79.1 Å². The zero-order chi connectivity index (χ0) is 12.0. The van der Waals surface area contributed by atoms with Gasteiger partial charge in [-0.05, 0) is 43.0 Å². The van der Waals surface area contributed by atoms with Crippen molar-refractivity contribution in [3.8, 4) is 0 Å². The van der Waals surface area contributed by atoms with Crippen molar-refractivity contribution < 1.29 is 0 Å². The number of nitrogens with zero attached hydrogens (tertiary/aromatic N) is 3. The first kappa shape index (κ1) is 13.1. The van der Waals surface area contributed by atoms with Crippen LogP contribution in [0.4, 0.5) is 11.6 Å². The Morgan fingerprint density at radius 2 is 2.06 bits per heavy atom. The first-order chi connectivity index (χ1) is 7.65. The van der Waals surface area contributed by atoms with Crippen LogP contribution in [0.25, 0.3) is 0 Å². The van der Waals surface area contributed by atoms with Crippen molar-refractivity contribution in [1.29, 1.82) is 0 Å². The van der Waals surface area contributed by atoms with Gasteiger partial charge in [0.25, 0.3) is 0 Å². The lowest BCUT2D eigenvalue weighted by Gasteiger charge is -2.11. The highest BCUT2D eigenvalue weighted by molar-refractivity contribution is 9.10. The Bertz CT molecular complexity index is 330. The SMILES string of the molecule is CN(C)CCCNc1ncnc(NN)c1Br. The van der Waals surface area contributed by atoms with Gasteiger partial charge in [-0.3, -0.25) is 0 Å². The first-order valence-electron chi connectivity index (χ1n) is 5.01. The Kier molecular flexibility index (Phi) is 5.44. The van der Waals surface area contributed by atoms with E-state index in [4.69, 9.17) is 5.84 Å². The number of hydrogen-bond donors (Lipinski definition) is 3. The number of halogens is 1. The van der Waals surface area contributed by atoms with E-state index in [1.165, 1.54) is 6.33 Å². The summed E-state index contributed by atoms with van der Waals surface area (Å²) in [6.45, 7) is 1.90. The molecule has 0 aromatic carbocycles. The second-order valence-electron chi connectivity index (χ2n) is 3.61. The number of hydrogen-bond acceptors (Lipinski definition) is 6. The van der Waals surface area contributed by atoms with Crippen LogP contribution in [0.3, 0.4) is 0 Å². The van der Waals surface area contributed by atoms with E-state index in [0.717, 1.165) is 29.8 Å². The molecule has 0 bridgehead atoms. The van der Waals surface area contributed by atoms with E-state index < -0.39 is 0 Å². The molecule has 16 heavy (non-hydrogen) atoms. The van der Waals surface area contributed by atoms with Crippen LogP contribution in [0.2, 0.25) is 0 Å². The minimum Gasteiger partial charge on any atom is -0.369 e. The minimum atomic E-state index is 0.574. The van der Waals surface area contributed by atoms with Crippen LogP contribution in [0.15, 0.2) is 10.8 Å². The summed E-state index contributed by atoms with van der Waals surface area (Å²) in [7, 11) is 4.11. The van der Waals surface area contributed by atoms with Crippen LogP contribution >= 0.6 is 15.9 Å². The molecule has 90 valence electrons. The third kappa shape index (κ3) is 3.92. The Morgan fingerprint density at radius 3 is 2.69 bits per heavy atom. The molecular formula is C9H17BrN6. The molecule has 0 aliphatic carbocycles. The molecule has 1 heterocycles. The fourth-order valence-corrected chi connectivity index (χ4v) is 1.66. The van der Waals surface area contributed by atoms with Gasteiger partial charge in [-0.1, -0.05) is 0 Å². The van der Waals surface area contributed by atoms with E-state index in [0.29, 0.717) is 5.82 Å². The maximum absolute atomic E-state index is 5.31. The smallest absolute Gasteiger partial charge is 0.159 e. The van der Waals surface area contributed by atoms with Gasteiger partial charge in [-0.2, -0.15) is 0 Å². The molecular weight excluding hydrogens is 272 g/mol. The molecule has 1 aromatic heterocycles. The predicted octanol–water partition coefficient (Wildman–Crippen LogP) is 0.888. The number of nitrogens with two attached hydrogens (primary N) is 1. The van der Waals surface area contributed by atoms with E-state index >= 15 is 0 Å². The first-order valence-corrected chi connectivity index (χ1v) is 5.80. The van der Waals surface area contributed by atoms with Gasteiger partial charge in [-0.15, -0.1) is 0 Å². The quantitative estimate of drug-likeness (QED) is 0.410. The van der Waals surface area contributed by atoms with Gasteiger partial charge in [0.05, 0.1) is 0 Å². The Hall–Kier alpha value is -0.920. The fraction of sp³-hybridized carbons (Fsp3) is 0.556. The molecule has 7 heteroatoms. The summed E-state index contributed by atoms with van der Waals surface area (Å²) in [6.07, 6.45) is 2.52. The van der Waals surface area contributed by atoms with E-state index in [9.17, 15) is 0 Å². The van der Waals surface area contributed by atoms with Crippen LogP contribution in [0, 0.1) is 0 Å². The maximum Gasteiger partial charge on any atom is 0.159 e. The molecule has 0 saturated heterocycles. The number of nitrogens with one attached hydrogen (secondary N) is 2. The fourth-order valence-electron chi connectivity index (χ4n) is 1.20. The molecule has 0 aliphatic rings. The molecule has 0 saturated carbocycles. The average Bonchev–Trinajstić information content (AvgIpc) is 2.26. The number of anilines is 2. The highest BCUT2D eigenvalue weighted by Crippen LogP contribution is 2.25. The summed E-state index contributed by atoms with van der Waals surface area (Å²) in [6, 6.07) is 0. The summed E-state index contributed by atoms with van der Waals surface area (Å²) in [5.74, 6) is 6.64. The van der Waals surface area contributed by atoms with Gasteiger partial charge < -0.3 is 15.6 Å². The normalized spacial score (nSPS) is 10.6. The van der Waals surface area contributed by atoms with Crippen molar-refractivity contribution in [1.82, 2.24) is 14.9 Å². The lowest BCUT2D eigenvalue weighted by Crippen LogP contribution is -2.17. The Morgan fingerprint density at radius 1 is 1.38 bits per heavy atom. The molecule has 6 nitrogen and oxygen atoms in total. The van der Waals surface area contributed by atoms with Crippen LogP contribution in [0.1, 0.15) is 6.42 Å². The molecule has 0 atom stereocenters. The molecule has 1 aromatic rings. The van der Waals surface area contributed by atoms with Crippen molar-refractivity contribution in [3.05, 3.63) is 10.8 Å². The zero-order valence-corrected chi connectivity index (χ0v) is 11.1. The second-order valence-corrected chi connectivity index (χ2v) is 4.41. The minimum absolute atomic E-state index is 0.574. The highest BCUT2D eigenvalue weighted by atomic mass is 79.9. The van der Waals surface area contributed by atoms with Crippen LogP contribution in [-0.4, -0.2) is 42.1 Å². The monoisotopic (exact) mass is 288 g/mol. The largest absolute Gasteiger partial charge is 0.369 e. The summed E-state index contributed by atoms with van der Waals surface area (Å²) in [5.41, 5.74) is 2.50. The molecule has 4 N–H and O–H groups in total. The van der Waals surface area contributed by atoms with E-state index in [1.54, 1.807) is 0 Å². The van der Waals surface area contributed by atoms with Crippen LogP contribution in [0.5, 0.6) is 0 Å². The van der Waals surface area contributed by atoms with Gasteiger partial charge in [-0.25, -0.2) is 15.8 Å². The average molecular weight is 289 g/mol. The summed E-state index contributed by atoms with van der Waals surface area (Å²) in [5, 5.41) is 3.22. The van der Waals surface area contributed by atoms with Crippen molar-refractivity contribution >= 4 is 27.6 Å². The summed E-state index contributed by atoms with van der Waals surface area (Å²) in [4.78, 5) is 10.2. The zero-order valence-electron chi connectivity index (χ0n) is 9.50. The maximum atomic E-state index is 5.31. The van der Waals surface area contributed by atoms with Gasteiger partial charge in [0.15, 0.2) is 5.82 Å². The Balaban J connectivity index is 2.47. The number of aromatic nitrogens is 2. The lowest BCUT2D eigenvalue weighted by molar-refractivity contribution is 0.405. The number of hydrazine groups is 1. The van der Waals surface area contributed by atoms with Crippen molar-refractivity contribution in [2.24, 2.45) is 5.84 Å². The molecule has 1 rings (SSSR count). The van der Waals surface area contributed by atoms with Gasteiger partial charge >= 0.3 is 0 Å². The van der Waals surface area contributed by atoms with Gasteiger partial charge in [0, 0.05) is 6.54 Å². The molecule has 0 aliphatic heterocycles. The third-order valence-electron chi connectivity index (χ3n) is 2.00. The van der Waals surface area contributed by atoms with Gasteiger partial charge in [0.1, 0.15) is 16.6 Å². The van der Waals surface area contributed by atoms with Crippen molar-refractivity contribution in [2.75, 3.05) is 37.9 Å². The van der Waals surface area contributed by atoms with Crippen molar-refractivity contribution in [2.45, 2.75) is 6.42 Å². The molecule has 0 fully saturated rings. The predicted molar refractivity (Wildman–Crippen MR) is 69.2 cm³/mol. The third-order valence-corrected chi connectivity index (χ3v) is 2.75. The molecule has 0 radical (unpaired) electrons. The standard InChI is InChI=1S/C9H17BrN6/c1-16(2)5-3-4-12-8-7(10)9(15-11)14-6-13-8/h6H,3-5,11H2,1-2H3,(H2,12,13,14,15). The molecule has 0 spiro atoms. The Labute approximate surface area is 104 Å². The molecule has 0 unspecified atom stereocenters. The van der Waals surface area contributed by atoms with Crippen LogP contribution < -0.4 is 16.6 Å². The molecule has 0 amide bonds. The summed E-state index contributed by atoms with van der Waals surface area (Å²) < 4.78 is 0.752. The van der Waals surface area contributed by atoms with E-state index in [2.05, 4.69) is 55.6 Å². The number of rotatable bonds is 6. The van der Waals surface area contributed by atoms with E-state index in [1.807, 2.05) is 0 Å².